The van der Waals surface area contributed by atoms with Crippen LogP contribution in [0.2, 0.25) is 0 Å². The molecule has 1 atom stereocenters. The predicted molar refractivity (Wildman–Crippen MR) is 116 cm³/mol. The zero-order valence-electron chi connectivity index (χ0n) is 18.4. The maximum absolute atomic E-state index is 12.8. The van der Waals surface area contributed by atoms with Gasteiger partial charge in [0.1, 0.15) is 22.8 Å². The maximum Gasteiger partial charge on any atom is 0.416 e. The fourth-order valence-corrected chi connectivity index (χ4v) is 3.23. The summed E-state index contributed by atoms with van der Waals surface area (Å²) in [6.07, 6.45) is -2.16. The normalized spacial score (nSPS) is 12.6. The number of carbonyl (C=O) groups is 1. The van der Waals surface area contributed by atoms with E-state index in [2.05, 4.69) is 15.4 Å². The Morgan fingerprint density at radius 2 is 1.85 bits per heavy atom. The molecule has 1 amide bonds. The first-order valence-electron chi connectivity index (χ1n) is 10.3. The summed E-state index contributed by atoms with van der Waals surface area (Å²) in [5.41, 5.74) is -0.00934. The van der Waals surface area contributed by atoms with E-state index in [1.165, 1.54) is 24.3 Å². The van der Waals surface area contributed by atoms with Crippen LogP contribution in [0.15, 0.2) is 48.7 Å². The van der Waals surface area contributed by atoms with Crippen LogP contribution in [-0.2, 0) is 13.2 Å². The second kappa shape index (κ2) is 10.0. The Balaban J connectivity index is 1.90. The highest BCUT2D eigenvalue weighted by molar-refractivity contribution is 5.93. The van der Waals surface area contributed by atoms with Crippen LogP contribution >= 0.6 is 0 Å². The molecule has 3 rings (SSSR count). The summed E-state index contributed by atoms with van der Waals surface area (Å²) in [4.78, 5) is 17.1. The third kappa shape index (κ3) is 6.32. The van der Waals surface area contributed by atoms with Gasteiger partial charge in [0.2, 0.25) is 0 Å². The largest absolute Gasteiger partial charge is 0.455 e. The van der Waals surface area contributed by atoms with Gasteiger partial charge >= 0.3 is 6.18 Å². The molecule has 10 heteroatoms. The molecule has 2 aromatic heterocycles. The van der Waals surface area contributed by atoms with Crippen molar-refractivity contribution in [2.24, 2.45) is 13.0 Å². The molecule has 3 aromatic rings. The molecular weight excluding hydrogens is 437 g/mol. The number of nitrogens with one attached hydrogen (secondary N) is 1. The van der Waals surface area contributed by atoms with Crippen molar-refractivity contribution in [2.45, 2.75) is 32.5 Å². The Kier molecular flexibility index (Phi) is 7.37. The van der Waals surface area contributed by atoms with Gasteiger partial charge in [0.25, 0.3) is 5.91 Å². The number of ether oxygens (including phenoxy) is 1. The molecule has 0 saturated heterocycles. The summed E-state index contributed by atoms with van der Waals surface area (Å²) in [7, 11) is 1.72. The molecule has 0 spiro atoms. The lowest BCUT2D eigenvalue weighted by Gasteiger charge is -2.18. The van der Waals surface area contributed by atoms with Gasteiger partial charge in [-0.25, -0.2) is 4.98 Å². The van der Waals surface area contributed by atoms with E-state index < -0.39 is 23.7 Å². The number of benzene rings is 1. The quantitative estimate of drug-likeness (QED) is 0.517. The van der Waals surface area contributed by atoms with Crippen molar-refractivity contribution >= 4 is 5.91 Å². The zero-order valence-corrected chi connectivity index (χ0v) is 18.4. The average molecular weight is 462 g/mol. The number of rotatable bonds is 8. The molecule has 0 aliphatic heterocycles. The number of nitrogens with zero attached hydrogens (tertiary/aromatic N) is 3. The van der Waals surface area contributed by atoms with Crippen LogP contribution < -0.4 is 10.1 Å². The third-order valence-electron chi connectivity index (χ3n) is 4.77. The molecule has 33 heavy (non-hydrogen) atoms. The summed E-state index contributed by atoms with van der Waals surface area (Å²) in [5, 5.41) is 16.6. The molecule has 2 N–H and O–H groups in total. The molecule has 0 aliphatic rings. The minimum Gasteiger partial charge on any atom is -0.455 e. The zero-order chi connectivity index (χ0) is 24.2. The Hall–Kier alpha value is -3.40. The van der Waals surface area contributed by atoms with Crippen molar-refractivity contribution in [1.29, 1.82) is 0 Å². The lowest BCUT2D eigenvalue weighted by Crippen LogP contribution is -2.38. The average Bonchev–Trinajstić information content (AvgIpc) is 3.19. The number of aliphatic hydroxyl groups excluding tert-OH is 1. The number of alkyl halides is 3. The van der Waals surface area contributed by atoms with Crippen molar-refractivity contribution in [3.63, 3.8) is 0 Å². The number of hydrogen-bond acceptors (Lipinski definition) is 5. The molecule has 0 aliphatic carbocycles. The molecule has 176 valence electrons. The van der Waals surface area contributed by atoms with Crippen LogP contribution in [0.25, 0.3) is 11.4 Å². The summed E-state index contributed by atoms with van der Waals surface area (Å²) in [5.74, 6) is 0.217. The summed E-state index contributed by atoms with van der Waals surface area (Å²) >= 11 is 0. The molecule has 0 bridgehead atoms. The van der Waals surface area contributed by atoms with E-state index in [0.29, 0.717) is 12.1 Å². The van der Waals surface area contributed by atoms with Gasteiger partial charge in [0.05, 0.1) is 18.2 Å². The highest BCUT2D eigenvalue weighted by Crippen LogP contribution is 2.34. The Morgan fingerprint density at radius 3 is 2.39 bits per heavy atom. The summed E-state index contributed by atoms with van der Waals surface area (Å²) < 4.78 is 45.8. The third-order valence-corrected chi connectivity index (χ3v) is 4.77. The standard InChI is InChI=1S/C23H25F3N4O3/c1-14(2)12-16(13-31)27-22(32)19-8-9-20(21(28-19)18-10-11-30(3)29-18)33-17-6-4-15(5-7-17)23(24,25)26/h4-11,14,16,31H,12-13H2,1-3H3,(H,27,32)/t16-/m1/s1. The number of hydrogen-bond donors (Lipinski definition) is 2. The van der Waals surface area contributed by atoms with Gasteiger partial charge in [-0.05, 0) is 54.8 Å². The van der Waals surface area contributed by atoms with Gasteiger partial charge in [0, 0.05) is 13.2 Å². The monoisotopic (exact) mass is 462 g/mol. The number of pyridine rings is 1. The van der Waals surface area contributed by atoms with E-state index in [1.54, 1.807) is 24.0 Å². The van der Waals surface area contributed by atoms with E-state index in [4.69, 9.17) is 4.74 Å². The number of carbonyl (C=O) groups excluding carboxylic acids is 1. The van der Waals surface area contributed by atoms with Crippen LogP contribution in [0.3, 0.4) is 0 Å². The van der Waals surface area contributed by atoms with E-state index >= 15 is 0 Å². The Morgan fingerprint density at radius 1 is 1.15 bits per heavy atom. The van der Waals surface area contributed by atoms with Crippen molar-refractivity contribution in [3.05, 3.63) is 59.9 Å². The van der Waals surface area contributed by atoms with E-state index in [1.807, 2.05) is 13.8 Å². The first kappa shape index (κ1) is 24.2. The van der Waals surface area contributed by atoms with Gasteiger partial charge in [-0.1, -0.05) is 13.8 Å². The number of halogens is 3. The number of aliphatic hydroxyl groups is 1. The molecule has 2 heterocycles. The van der Waals surface area contributed by atoms with E-state index in [0.717, 1.165) is 12.1 Å². The van der Waals surface area contributed by atoms with Crippen LogP contribution in [0.5, 0.6) is 11.5 Å². The Bertz CT molecular complexity index is 1100. The SMILES string of the molecule is CC(C)C[C@H](CO)NC(=O)c1ccc(Oc2ccc(C(F)(F)F)cc2)c(-c2ccn(C)n2)n1. The highest BCUT2D eigenvalue weighted by atomic mass is 19.4. The Labute approximate surface area is 189 Å². The van der Waals surface area contributed by atoms with Gasteiger partial charge in [0.15, 0.2) is 5.75 Å². The first-order valence-corrected chi connectivity index (χ1v) is 10.3. The second-order valence-electron chi connectivity index (χ2n) is 8.02. The molecule has 0 saturated carbocycles. The van der Waals surface area contributed by atoms with Crippen molar-refractivity contribution in [3.8, 4) is 22.9 Å². The molecule has 0 radical (unpaired) electrons. The number of aromatic nitrogens is 3. The van der Waals surface area contributed by atoms with E-state index in [9.17, 15) is 23.1 Å². The fourth-order valence-electron chi connectivity index (χ4n) is 3.23. The van der Waals surface area contributed by atoms with Crippen LogP contribution in [0, 0.1) is 5.92 Å². The molecular formula is C23H25F3N4O3. The van der Waals surface area contributed by atoms with Gasteiger partial charge in [-0.3, -0.25) is 9.48 Å². The minimum atomic E-state index is -4.45. The lowest BCUT2D eigenvalue weighted by molar-refractivity contribution is -0.137. The second-order valence-corrected chi connectivity index (χ2v) is 8.02. The van der Waals surface area contributed by atoms with Crippen molar-refractivity contribution < 1.29 is 27.8 Å². The van der Waals surface area contributed by atoms with Crippen molar-refractivity contribution in [1.82, 2.24) is 20.1 Å². The fraction of sp³-hybridized carbons (Fsp3) is 0.348. The summed E-state index contributed by atoms with van der Waals surface area (Å²) in [6.45, 7) is 3.77. The minimum absolute atomic E-state index is 0.0950. The van der Waals surface area contributed by atoms with E-state index in [-0.39, 0.29) is 35.4 Å². The summed E-state index contributed by atoms with van der Waals surface area (Å²) in [6, 6.07) is 8.50. The topological polar surface area (TPSA) is 89.3 Å². The van der Waals surface area contributed by atoms with Crippen LogP contribution in [0.4, 0.5) is 13.2 Å². The predicted octanol–water partition coefficient (Wildman–Crippen LogP) is 4.43. The van der Waals surface area contributed by atoms with Gasteiger partial charge in [-0.15, -0.1) is 0 Å². The number of aryl methyl sites for hydroxylation is 1. The molecule has 0 unspecified atom stereocenters. The highest BCUT2D eigenvalue weighted by Gasteiger charge is 2.30. The maximum atomic E-state index is 12.8. The molecule has 0 fully saturated rings. The van der Waals surface area contributed by atoms with Crippen LogP contribution in [0.1, 0.15) is 36.3 Å². The smallest absolute Gasteiger partial charge is 0.416 e. The van der Waals surface area contributed by atoms with Crippen molar-refractivity contribution in [2.75, 3.05) is 6.61 Å². The molecule has 7 nitrogen and oxygen atoms in total. The molecule has 1 aromatic carbocycles. The first-order chi connectivity index (χ1) is 15.6. The van der Waals surface area contributed by atoms with Crippen LogP contribution in [-0.4, -0.2) is 38.4 Å². The number of amides is 1. The lowest BCUT2D eigenvalue weighted by atomic mass is 10.0. The van der Waals surface area contributed by atoms with Gasteiger partial charge in [-0.2, -0.15) is 18.3 Å². The van der Waals surface area contributed by atoms with Gasteiger partial charge < -0.3 is 15.2 Å².